The van der Waals surface area contributed by atoms with Crippen LogP contribution in [0.25, 0.3) is 11.8 Å². The lowest BCUT2D eigenvalue weighted by molar-refractivity contribution is -0.0892. The monoisotopic (exact) mass is 534 g/mol. The molecule has 1 saturated heterocycles. The molecule has 0 bridgehead atoms. The topological polar surface area (TPSA) is 50.1 Å². The smallest absolute Gasteiger partial charge is 0.297 e. The average Bonchev–Trinajstić information content (AvgIpc) is 3.39. The zero-order valence-corrected chi connectivity index (χ0v) is 22.2. The molecule has 0 amide bonds. The second-order valence-electron chi connectivity index (χ2n) is 10.2. The van der Waals surface area contributed by atoms with E-state index in [1.54, 1.807) is 10.8 Å². The molecule has 2 atom stereocenters. The Balaban J connectivity index is 1.41. The van der Waals surface area contributed by atoms with E-state index in [1.807, 2.05) is 50.2 Å². The standard InChI is InChI=1S/C30H33F3N6/c1-22-9-6-10-23(2)27(22)39-29(34-35-36-39)28(25-14-7-15-26(21-25)30(31,32)33)38-19-17-37(18-20-38)16-8-13-24-11-4-3-5-12-24/h3-13,15,21,25,28H,14,16-20H2,1-2H3/b13-8+/t25?,28-/m0/s1. The molecule has 9 heteroatoms. The van der Waals surface area contributed by atoms with Crippen molar-refractivity contribution >= 4 is 6.08 Å². The van der Waals surface area contributed by atoms with Crippen molar-refractivity contribution in [2.24, 2.45) is 5.92 Å². The molecule has 0 saturated carbocycles. The Kier molecular flexibility index (Phi) is 8.09. The number of rotatable bonds is 7. The van der Waals surface area contributed by atoms with E-state index in [-0.39, 0.29) is 0 Å². The van der Waals surface area contributed by atoms with E-state index in [9.17, 15) is 13.2 Å². The van der Waals surface area contributed by atoms with E-state index in [1.165, 1.54) is 12.2 Å². The lowest BCUT2D eigenvalue weighted by atomic mass is 9.87. The highest BCUT2D eigenvalue weighted by Crippen LogP contribution is 2.39. The lowest BCUT2D eigenvalue weighted by Crippen LogP contribution is -2.49. The Labute approximate surface area is 227 Å². The minimum absolute atomic E-state index is 0.400. The molecule has 0 spiro atoms. The molecule has 1 aromatic heterocycles. The van der Waals surface area contributed by atoms with Crippen LogP contribution in [0, 0.1) is 19.8 Å². The SMILES string of the molecule is Cc1cccc(C)c1-n1nnnc1[C@H](C1C=C(C(F)(F)F)C=CC1)N1CCN(C/C=C/c2ccccc2)CC1. The van der Waals surface area contributed by atoms with Crippen LogP contribution in [0.1, 0.15) is 35.0 Å². The van der Waals surface area contributed by atoms with Gasteiger partial charge in [0.05, 0.1) is 17.3 Å². The molecular weight excluding hydrogens is 501 g/mol. The van der Waals surface area contributed by atoms with Crippen LogP contribution in [-0.4, -0.2) is 68.9 Å². The van der Waals surface area contributed by atoms with Crippen molar-refractivity contribution in [1.82, 2.24) is 30.0 Å². The minimum atomic E-state index is -4.40. The molecule has 2 heterocycles. The van der Waals surface area contributed by atoms with Gasteiger partial charge in [-0.2, -0.15) is 17.9 Å². The molecule has 2 aromatic carbocycles. The van der Waals surface area contributed by atoms with Gasteiger partial charge in [-0.15, -0.1) is 5.10 Å². The number of hydrogen-bond acceptors (Lipinski definition) is 5. The average molecular weight is 535 g/mol. The van der Waals surface area contributed by atoms with Crippen LogP contribution in [0.5, 0.6) is 0 Å². The second kappa shape index (κ2) is 11.7. The summed E-state index contributed by atoms with van der Waals surface area (Å²) >= 11 is 0. The van der Waals surface area contributed by atoms with Crippen molar-refractivity contribution in [1.29, 1.82) is 0 Å². The van der Waals surface area contributed by atoms with Crippen LogP contribution in [0.3, 0.4) is 0 Å². The van der Waals surface area contributed by atoms with Gasteiger partial charge in [0.2, 0.25) is 0 Å². The van der Waals surface area contributed by atoms with Gasteiger partial charge in [-0.25, -0.2) is 0 Å². The summed E-state index contributed by atoms with van der Waals surface area (Å²) < 4.78 is 42.9. The molecule has 1 aliphatic carbocycles. The fourth-order valence-corrected chi connectivity index (χ4v) is 5.54. The van der Waals surface area contributed by atoms with Crippen molar-refractivity contribution < 1.29 is 13.2 Å². The molecule has 1 aliphatic heterocycles. The van der Waals surface area contributed by atoms with Crippen LogP contribution in [0.2, 0.25) is 0 Å². The normalized spacial score (nSPS) is 19.9. The minimum Gasteiger partial charge on any atom is -0.297 e. The van der Waals surface area contributed by atoms with E-state index in [0.29, 0.717) is 25.3 Å². The Morgan fingerprint density at radius 3 is 2.38 bits per heavy atom. The van der Waals surface area contributed by atoms with Gasteiger partial charge in [0, 0.05) is 38.6 Å². The number of nitrogens with zero attached hydrogens (tertiary/aromatic N) is 6. The Morgan fingerprint density at radius 2 is 1.69 bits per heavy atom. The highest BCUT2D eigenvalue weighted by molar-refractivity contribution is 5.49. The van der Waals surface area contributed by atoms with Crippen molar-refractivity contribution in [2.75, 3.05) is 32.7 Å². The summed E-state index contributed by atoms with van der Waals surface area (Å²) in [6.07, 6.45) is 4.53. The molecule has 1 fully saturated rings. The third-order valence-electron chi connectivity index (χ3n) is 7.52. The predicted octanol–water partition coefficient (Wildman–Crippen LogP) is 5.72. The van der Waals surface area contributed by atoms with E-state index in [0.717, 1.165) is 42.0 Å². The van der Waals surface area contributed by atoms with E-state index in [2.05, 4.69) is 49.6 Å². The molecule has 3 aromatic rings. The van der Waals surface area contributed by atoms with E-state index < -0.39 is 23.7 Å². The van der Waals surface area contributed by atoms with Gasteiger partial charge in [-0.05, 0) is 47.4 Å². The summed E-state index contributed by atoms with van der Waals surface area (Å²) in [7, 11) is 0. The quantitative estimate of drug-likeness (QED) is 0.388. The maximum absolute atomic E-state index is 13.7. The van der Waals surface area contributed by atoms with Gasteiger partial charge < -0.3 is 0 Å². The number of allylic oxidation sites excluding steroid dienone is 3. The lowest BCUT2D eigenvalue weighted by Gasteiger charge is -2.41. The Morgan fingerprint density at radius 1 is 0.974 bits per heavy atom. The second-order valence-corrected chi connectivity index (χ2v) is 10.2. The maximum Gasteiger partial charge on any atom is 0.416 e. The summed E-state index contributed by atoms with van der Waals surface area (Å²) in [5.41, 5.74) is 3.44. The zero-order valence-electron chi connectivity index (χ0n) is 22.2. The third kappa shape index (κ3) is 6.20. The Hall–Kier alpha value is -3.56. The van der Waals surface area contributed by atoms with Gasteiger partial charge in [0.15, 0.2) is 5.82 Å². The van der Waals surface area contributed by atoms with Gasteiger partial charge in [0.1, 0.15) is 0 Å². The molecule has 6 nitrogen and oxygen atoms in total. The molecule has 39 heavy (non-hydrogen) atoms. The fraction of sp³-hybridized carbons (Fsp3) is 0.367. The number of para-hydroxylation sites is 1. The van der Waals surface area contributed by atoms with Crippen molar-refractivity contribution in [3.63, 3.8) is 0 Å². The summed E-state index contributed by atoms with van der Waals surface area (Å²) in [4.78, 5) is 4.61. The number of hydrogen-bond donors (Lipinski definition) is 0. The van der Waals surface area contributed by atoms with Crippen molar-refractivity contribution in [2.45, 2.75) is 32.5 Å². The number of aryl methyl sites for hydroxylation is 2. The van der Waals surface area contributed by atoms with Gasteiger partial charge >= 0.3 is 6.18 Å². The number of tetrazole rings is 1. The van der Waals surface area contributed by atoms with E-state index in [4.69, 9.17) is 0 Å². The largest absolute Gasteiger partial charge is 0.416 e. The fourth-order valence-electron chi connectivity index (χ4n) is 5.54. The zero-order chi connectivity index (χ0) is 27.4. The number of alkyl halides is 3. The number of benzene rings is 2. The highest BCUT2D eigenvalue weighted by atomic mass is 19.4. The first-order chi connectivity index (χ1) is 18.8. The summed E-state index contributed by atoms with van der Waals surface area (Å²) in [6, 6.07) is 15.7. The summed E-state index contributed by atoms with van der Waals surface area (Å²) in [5, 5.41) is 12.7. The van der Waals surface area contributed by atoms with Crippen LogP contribution in [0.4, 0.5) is 13.2 Å². The molecule has 1 unspecified atom stereocenters. The van der Waals surface area contributed by atoms with Crippen LogP contribution >= 0.6 is 0 Å². The van der Waals surface area contributed by atoms with Gasteiger partial charge in [-0.1, -0.05) is 78.9 Å². The Bertz CT molecular complexity index is 1330. The number of aromatic nitrogens is 4. The third-order valence-corrected chi connectivity index (χ3v) is 7.52. The van der Waals surface area contributed by atoms with Gasteiger partial charge in [0.25, 0.3) is 0 Å². The molecule has 204 valence electrons. The first-order valence-electron chi connectivity index (χ1n) is 13.3. The van der Waals surface area contributed by atoms with Crippen LogP contribution < -0.4 is 0 Å². The molecular formula is C30H33F3N6. The first kappa shape index (κ1) is 27.0. The number of halogens is 3. The molecule has 0 radical (unpaired) electrons. The highest BCUT2D eigenvalue weighted by Gasteiger charge is 2.39. The van der Waals surface area contributed by atoms with E-state index >= 15 is 0 Å². The first-order valence-corrected chi connectivity index (χ1v) is 13.3. The van der Waals surface area contributed by atoms with Crippen LogP contribution in [0.15, 0.2) is 78.4 Å². The summed E-state index contributed by atoms with van der Waals surface area (Å²) in [6.45, 7) is 7.83. The molecule has 0 N–H and O–H groups in total. The van der Waals surface area contributed by atoms with Crippen LogP contribution in [-0.2, 0) is 0 Å². The van der Waals surface area contributed by atoms with Crippen molar-refractivity contribution in [3.05, 3.63) is 101 Å². The summed E-state index contributed by atoms with van der Waals surface area (Å²) in [5.74, 6) is 0.160. The molecule has 5 rings (SSSR count). The molecule has 2 aliphatic rings. The van der Waals surface area contributed by atoms with Gasteiger partial charge in [-0.3, -0.25) is 9.80 Å². The van der Waals surface area contributed by atoms with Crippen molar-refractivity contribution in [3.8, 4) is 5.69 Å². The number of piperazine rings is 1. The maximum atomic E-state index is 13.7. The predicted molar refractivity (Wildman–Crippen MR) is 146 cm³/mol.